The van der Waals surface area contributed by atoms with Gasteiger partial charge in [-0.15, -0.1) is 0 Å². The van der Waals surface area contributed by atoms with Crippen molar-refractivity contribution in [3.05, 3.63) is 12.3 Å². The van der Waals surface area contributed by atoms with Gasteiger partial charge in [-0.05, 0) is 75.3 Å². The van der Waals surface area contributed by atoms with Crippen molar-refractivity contribution < 1.29 is 52.4 Å². The number of ether oxygens (including phenoxy) is 6. The maximum atomic E-state index is 12.8. The lowest BCUT2D eigenvalue weighted by Gasteiger charge is -2.23. The van der Waals surface area contributed by atoms with Crippen molar-refractivity contribution in [2.45, 2.75) is 219 Å². The quantitative estimate of drug-likeness (QED) is 0.0267. The number of nitrogens with zero attached hydrogens (tertiary/aromatic N) is 1. The first kappa shape index (κ1) is 59.2. The molecule has 2 radical (unpaired) electrons. The highest BCUT2D eigenvalue weighted by molar-refractivity contribution is 6.04. The van der Waals surface area contributed by atoms with Gasteiger partial charge in [-0.3, -0.25) is 24.0 Å². The average Bonchev–Trinajstić information content (AvgIpc) is 3.37. The van der Waals surface area contributed by atoms with Crippen LogP contribution in [0.5, 0.6) is 0 Å². The van der Waals surface area contributed by atoms with Gasteiger partial charge in [0.15, 0.2) is 7.98 Å². The van der Waals surface area contributed by atoms with Crippen molar-refractivity contribution in [2.75, 3.05) is 52.7 Å². The van der Waals surface area contributed by atoms with E-state index in [1.165, 1.54) is 103 Å². The van der Waals surface area contributed by atoms with E-state index in [0.29, 0.717) is 62.9 Å². The van der Waals surface area contributed by atoms with E-state index in [-0.39, 0.29) is 82.3 Å². The van der Waals surface area contributed by atoms with Crippen LogP contribution in [0.3, 0.4) is 0 Å². The summed E-state index contributed by atoms with van der Waals surface area (Å²) in [5.41, 5.74) is 0. The van der Waals surface area contributed by atoms with Gasteiger partial charge in [-0.1, -0.05) is 149 Å². The average molecular weight is 956 g/mol. The predicted molar refractivity (Wildman–Crippen MR) is 267 cm³/mol. The van der Waals surface area contributed by atoms with Gasteiger partial charge in [-0.2, -0.15) is 0 Å². The van der Waals surface area contributed by atoms with E-state index in [2.05, 4.69) is 6.58 Å². The van der Waals surface area contributed by atoms with E-state index < -0.39 is 11.9 Å². The van der Waals surface area contributed by atoms with Gasteiger partial charge in [0, 0.05) is 38.5 Å². The molecule has 12 nitrogen and oxygen atoms in total. The highest BCUT2D eigenvalue weighted by atomic mass is 16.6. The molecule has 388 valence electrons. The summed E-state index contributed by atoms with van der Waals surface area (Å²) in [5, 5.41) is 0. The lowest BCUT2D eigenvalue weighted by atomic mass is 9.86. The molecule has 4 saturated carbocycles. The first-order valence-corrected chi connectivity index (χ1v) is 27.7. The number of allylic oxidation sites excluding steroid dienone is 1. The Labute approximate surface area is 413 Å². The maximum absolute atomic E-state index is 12.8. The van der Waals surface area contributed by atoms with Crippen LogP contribution in [0, 0.1) is 35.5 Å². The molecule has 0 aromatic carbocycles. The summed E-state index contributed by atoms with van der Waals surface area (Å²) < 4.78 is 34.1. The zero-order valence-corrected chi connectivity index (χ0v) is 43.0. The number of esters is 5. The highest BCUT2D eigenvalue weighted by Gasteiger charge is 2.23. The lowest BCUT2D eigenvalue weighted by Crippen LogP contribution is -2.27. The maximum Gasteiger partial charge on any atom is 0.305 e. The molecule has 0 saturated heterocycles. The third kappa shape index (κ3) is 29.2. The van der Waals surface area contributed by atoms with Gasteiger partial charge in [-0.25, -0.2) is 0 Å². The second kappa shape index (κ2) is 37.7. The zero-order chi connectivity index (χ0) is 49.0. The molecule has 0 bridgehead atoms. The molecule has 4 rings (SSSR count). The molecule has 0 amide bonds. The van der Waals surface area contributed by atoms with E-state index in [9.17, 15) is 24.0 Å². The van der Waals surface area contributed by atoms with E-state index in [1.807, 2.05) is 13.8 Å². The monoisotopic (exact) mass is 956 g/mol. The lowest BCUT2D eigenvalue weighted by molar-refractivity contribution is -0.154. The minimum Gasteiger partial charge on any atom is -0.498 e. The Morgan fingerprint density at radius 1 is 0.412 bits per heavy atom. The minimum absolute atomic E-state index is 0.0179. The molecule has 13 heteroatoms. The fourth-order valence-corrected chi connectivity index (χ4v) is 10.2. The van der Waals surface area contributed by atoms with Crippen molar-refractivity contribution in [1.82, 2.24) is 4.81 Å². The Kier molecular flexibility index (Phi) is 32.8. The normalized spacial score (nSPS) is 17.9. The van der Waals surface area contributed by atoms with Crippen LogP contribution in [0.15, 0.2) is 12.3 Å². The van der Waals surface area contributed by atoms with E-state index >= 15 is 0 Å². The molecule has 68 heavy (non-hydrogen) atoms. The highest BCUT2D eigenvalue weighted by Crippen LogP contribution is 2.31. The second-order valence-electron chi connectivity index (χ2n) is 20.4. The summed E-state index contributed by atoms with van der Waals surface area (Å²) in [6.07, 6.45) is 31.3. The number of hydrogen-bond acceptors (Lipinski definition) is 12. The number of carbonyl (C=O) groups excluding carboxylic acids is 5. The van der Waals surface area contributed by atoms with Crippen LogP contribution in [0.2, 0.25) is 0 Å². The van der Waals surface area contributed by atoms with Crippen molar-refractivity contribution in [2.24, 2.45) is 35.5 Å². The Hall–Kier alpha value is -3.09. The molecule has 0 aromatic rings. The van der Waals surface area contributed by atoms with Gasteiger partial charge in [0.2, 0.25) is 0 Å². The molecular weight excluding hydrogens is 861 g/mol. The van der Waals surface area contributed by atoms with Crippen LogP contribution >= 0.6 is 0 Å². The minimum atomic E-state index is -0.457. The molecule has 0 spiro atoms. The zero-order valence-electron chi connectivity index (χ0n) is 43.0. The van der Waals surface area contributed by atoms with E-state index in [1.54, 1.807) is 4.81 Å². The summed E-state index contributed by atoms with van der Waals surface area (Å²) >= 11 is 0. The summed E-state index contributed by atoms with van der Waals surface area (Å²) in [5.74, 6) is 0.871. The van der Waals surface area contributed by atoms with E-state index in [4.69, 9.17) is 36.4 Å². The molecule has 0 N–H and O–H groups in total. The van der Waals surface area contributed by atoms with Crippen molar-refractivity contribution >= 4 is 37.8 Å². The fourth-order valence-electron chi connectivity index (χ4n) is 10.2. The Morgan fingerprint density at radius 2 is 0.662 bits per heavy atom. The molecular formula is C55H94BNO11. The van der Waals surface area contributed by atoms with Gasteiger partial charge in [0.25, 0.3) is 0 Å². The number of rotatable bonds is 33. The molecule has 1 unspecified atom stereocenters. The molecule has 4 aliphatic rings. The van der Waals surface area contributed by atoms with Gasteiger partial charge in [0.1, 0.15) is 33.0 Å². The van der Waals surface area contributed by atoms with E-state index in [0.717, 1.165) is 69.5 Å². The van der Waals surface area contributed by atoms with Crippen LogP contribution in [-0.4, -0.2) is 95.4 Å². The van der Waals surface area contributed by atoms with Crippen LogP contribution in [0.25, 0.3) is 0 Å². The summed E-state index contributed by atoms with van der Waals surface area (Å²) in [7, 11) is 6.21. The second-order valence-corrected chi connectivity index (χ2v) is 20.4. The SMILES string of the molecule is CC.[B]N(CCCC(=O)OCC(COC(=C)CCC1CCCCC1)COC(=O)CCC1CCCCC1)CCCC(=O)OCC(COC(=O)CCC1CCCCC1)COC(=O)CCC1CCCCC1. The van der Waals surface area contributed by atoms with Gasteiger partial charge in [0.05, 0.1) is 24.2 Å². The van der Waals surface area contributed by atoms with Crippen molar-refractivity contribution in [3.8, 4) is 0 Å². The van der Waals surface area contributed by atoms with Crippen molar-refractivity contribution in [1.29, 1.82) is 0 Å². The molecule has 0 heterocycles. The van der Waals surface area contributed by atoms with Crippen LogP contribution < -0.4 is 0 Å². The Morgan fingerprint density at radius 3 is 0.956 bits per heavy atom. The van der Waals surface area contributed by atoms with Crippen molar-refractivity contribution in [3.63, 3.8) is 0 Å². The first-order chi connectivity index (χ1) is 33.1. The predicted octanol–water partition coefficient (Wildman–Crippen LogP) is 11.9. The Balaban J connectivity index is 0.00000604. The Bertz CT molecular complexity index is 1210. The first-order valence-electron chi connectivity index (χ1n) is 27.7. The van der Waals surface area contributed by atoms with Crippen LogP contribution in [0.1, 0.15) is 219 Å². The molecule has 1 atom stereocenters. The molecule has 0 aliphatic heterocycles. The smallest absolute Gasteiger partial charge is 0.305 e. The van der Waals surface area contributed by atoms with Gasteiger partial charge < -0.3 is 33.2 Å². The number of hydrogen-bond donors (Lipinski definition) is 0. The molecule has 0 aromatic heterocycles. The largest absolute Gasteiger partial charge is 0.498 e. The fraction of sp³-hybridized carbons (Fsp3) is 0.873. The molecule has 4 aliphatic carbocycles. The summed E-state index contributed by atoms with van der Waals surface area (Å²) in [4.78, 5) is 65.0. The third-order valence-corrected chi connectivity index (χ3v) is 14.6. The summed E-state index contributed by atoms with van der Waals surface area (Å²) in [6.45, 7) is 9.44. The summed E-state index contributed by atoms with van der Waals surface area (Å²) in [6, 6.07) is 0. The van der Waals surface area contributed by atoms with Crippen LogP contribution in [-0.2, 0) is 52.4 Å². The third-order valence-electron chi connectivity index (χ3n) is 14.6. The standard InChI is InChI=1S/C53H88BNO11.C2H6/c1-42(26-27-43-16-6-2-7-17-43)61-36-47(38-64-51(58)31-28-44-18-8-3-9-19-44)37-62-49(56)24-14-34-55(54)35-15-25-50(57)63-39-48(40-65-52(59)32-29-45-20-10-4-11-21-45)41-66-53(60)33-30-46-22-12-5-13-23-46;1-2/h43-48H,1-41H2;1-2H3. The van der Waals surface area contributed by atoms with Gasteiger partial charge >= 0.3 is 29.8 Å². The topological polar surface area (TPSA) is 144 Å². The molecule has 4 fully saturated rings. The number of carbonyl (C=O) groups is 5. The van der Waals surface area contributed by atoms with Crippen LogP contribution in [0.4, 0.5) is 0 Å².